The summed E-state index contributed by atoms with van der Waals surface area (Å²) >= 11 is 0. The van der Waals surface area contributed by atoms with Gasteiger partial charge in [0.2, 0.25) is 0 Å². The number of para-hydroxylation sites is 1. The first-order valence-electron chi connectivity index (χ1n) is 7.80. The van der Waals surface area contributed by atoms with E-state index in [2.05, 4.69) is 49.2 Å². The third kappa shape index (κ3) is 3.97. The van der Waals surface area contributed by atoms with Gasteiger partial charge >= 0.3 is 0 Å². The molecule has 1 heterocycles. The molecule has 0 bridgehead atoms. The molecule has 0 unspecified atom stereocenters. The van der Waals surface area contributed by atoms with E-state index in [1.807, 2.05) is 6.07 Å². The van der Waals surface area contributed by atoms with E-state index in [4.69, 9.17) is 4.74 Å². The number of nitrogens with one attached hydrogen (secondary N) is 1. The van der Waals surface area contributed by atoms with E-state index >= 15 is 0 Å². The molecule has 0 spiro atoms. The van der Waals surface area contributed by atoms with E-state index in [1.165, 1.54) is 24.9 Å². The second kappa shape index (κ2) is 7.09. The lowest BCUT2D eigenvalue weighted by atomic mass is 10.0. The predicted octanol–water partition coefficient (Wildman–Crippen LogP) is 3.05. The molecule has 1 aromatic rings. The summed E-state index contributed by atoms with van der Waals surface area (Å²) in [5, 5.41) is 3.36. The van der Waals surface area contributed by atoms with E-state index in [9.17, 15) is 0 Å². The van der Waals surface area contributed by atoms with Crippen LogP contribution < -0.4 is 10.1 Å². The minimum absolute atomic E-state index is 0.340. The zero-order valence-electron chi connectivity index (χ0n) is 13.1. The first-order valence-corrected chi connectivity index (χ1v) is 7.80. The SMILES string of the molecule is CCNCc1ccccc1OCCN1CCCC1(C)C. The minimum atomic E-state index is 0.340. The van der Waals surface area contributed by atoms with E-state index in [-0.39, 0.29) is 0 Å². The lowest BCUT2D eigenvalue weighted by Gasteiger charge is -2.31. The maximum atomic E-state index is 6.01. The second-order valence-corrected chi connectivity index (χ2v) is 6.14. The third-order valence-corrected chi connectivity index (χ3v) is 4.23. The van der Waals surface area contributed by atoms with E-state index in [0.29, 0.717) is 5.54 Å². The molecule has 1 aromatic carbocycles. The van der Waals surface area contributed by atoms with E-state index in [1.54, 1.807) is 0 Å². The normalized spacial score (nSPS) is 18.4. The van der Waals surface area contributed by atoms with Gasteiger partial charge in [0.05, 0.1) is 0 Å². The van der Waals surface area contributed by atoms with E-state index < -0.39 is 0 Å². The molecule has 1 fully saturated rings. The molecule has 2 rings (SSSR count). The minimum Gasteiger partial charge on any atom is -0.492 e. The highest BCUT2D eigenvalue weighted by Crippen LogP contribution is 2.27. The van der Waals surface area contributed by atoms with Gasteiger partial charge in [0.1, 0.15) is 12.4 Å². The zero-order valence-corrected chi connectivity index (χ0v) is 13.1. The highest BCUT2D eigenvalue weighted by Gasteiger charge is 2.31. The van der Waals surface area contributed by atoms with Crippen molar-refractivity contribution in [3.05, 3.63) is 29.8 Å². The molecule has 1 N–H and O–H groups in total. The van der Waals surface area contributed by atoms with Crippen LogP contribution in [-0.2, 0) is 6.54 Å². The van der Waals surface area contributed by atoms with Gasteiger partial charge in [-0.05, 0) is 45.8 Å². The maximum Gasteiger partial charge on any atom is 0.123 e. The molecule has 1 aliphatic rings. The van der Waals surface area contributed by atoms with Crippen LogP contribution in [0, 0.1) is 0 Å². The molecule has 1 aliphatic heterocycles. The standard InChI is InChI=1S/C17H28N2O/c1-4-18-14-15-8-5-6-9-16(15)20-13-12-19-11-7-10-17(19,2)3/h5-6,8-9,18H,4,7,10-14H2,1-3H3. The number of benzene rings is 1. The van der Waals surface area contributed by atoms with Crippen molar-refractivity contribution in [3.8, 4) is 5.75 Å². The highest BCUT2D eigenvalue weighted by atomic mass is 16.5. The summed E-state index contributed by atoms with van der Waals surface area (Å²) in [6.07, 6.45) is 2.61. The maximum absolute atomic E-state index is 6.01. The average molecular weight is 276 g/mol. The molecule has 1 saturated heterocycles. The average Bonchev–Trinajstić information content (AvgIpc) is 2.77. The van der Waals surface area contributed by atoms with E-state index in [0.717, 1.165) is 32.0 Å². The summed E-state index contributed by atoms with van der Waals surface area (Å²) in [7, 11) is 0. The summed E-state index contributed by atoms with van der Waals surface area (Å²) in [5.41, 5.74) is 1.59. The predicted molar refractivity (Wildman–Crippen MR) is 84.2 cm³/mol. The molecule has 0 radical (unpaired) electrons. The van der Waals surface area contributed by atoms with Crippen molar-refractivity contribution < 1.29 is 4.74 Å². The van der Waals surface area contributed by atoms with Crippen molar-refractivity contribution >= 4 is 0 Å². The van der Waals surface area contributed by atoms with Crippen LogP contribution in [0.3, 0.4) is 0 Å². The number of hydrogen-bond donors (Lipinski definition) is 1. The van der Waals surface area contributed by atoms with Gasteiger partial charge in [0.15, 0.2) is 0 Å². The number of ether oxygens (including phenoxy) is 1. The first-order chi connectivity index (χ1) is 9.63. The summed E-state index contributed by atoms with van der Waals surface area (Å²) in [5.74, 6) is 1.02. The van der Waals surface area contributed by atoms with Crippen molar-refractivity contribution in [1.82, 2.24) is 10.2 Å². The molecule has 0 saturated carbocycles. The monoisotopic (exact) mass is 276 g/mol. The van der Waals surface area contributed by atoms with Gasteiger partial charge in [-0.2, -0.15) is 0 Å². The molecule has 3 nitrogen and oxygen atoms in total. The fraction of sp³-hybridized carbons (Fsp3) is 0.647. The van der Waals surface area contributed by atoms with Gasteiger partial charge in [0.25, 0.3) is 0 Å². The highest BCUT2D eigenvalue weighted by molar-refractivity contribution is 5.33. The van der Waals surface area contributed by atoms with Crippen LogP contribution in [0.5, 0.6) is 5.75 Å². The lowest BCUT2D eigenvalue weighted by molar-refractivity contribution is 0.143. The largest absolute Gasteiger partial charge is 0.492 e. The van der Waals surface area contributed by atoms with Gasteiger partial charge in [-0.15, -0.1) is 0 Å². The molecular formula is C17H28N2O. The van der Waals surface area contributed by atoms with Gasteiger partial charge < -0.3 is 10.1 Å². The van der Waals surface area contributed by atoms with Gasteiger partial charge in [0, 0.05) is 24.2 Å². The van der Waals surface area contributed by atoms with Crippen molar-refractivity contribution in [2.24, 2.45) is 0 Å². The Bertz CT molecular complexity index is 417. The zero-order chi connectivity index (χ0) is 14.4. The third-order valence-electron chi connectivity index (χ3n) is 4.23. The van der Waals surface area contributed by atoms with Gasteiger partial charge in [-0.1, -0.05) is 25.1 Å². The fourth-order valence-corrected chi connectivity index (χ4v) is 2.89. The Balaban J connectivity index is 1.84. The summed E-state index contributed by atoms with van der Waals surface area (Å²) in [4.78, 5) is 2.54. The van der Waals surface area contributed by atoms with Crippen LogP contribution in [0.25, 0.3) is 0 Å². The molecule has 3 heteroatoms. The van der Waals surface area contributed by atoms with Gasteiger partial charge in [-0.25, -0.2) is 0 Å². The quantitative estimate of drug-likeness (QED) is 0.828. The molecule has 20 heavy (non-hydrogen) atoms. The number of rotatable bonds is 7. The lowest BCUT2D eigenvalue weighted by Crippen LogP contribution is -2.40. The van der Waals surface area contributed by atoms with Crippen LogP contribution in [0.4, 0.5) is 0 Å². The smallest absolute Gasteiger partial charge is 0.123 e. The van der Waals surface area contributed by atoms with Crippen LogP contribution in [0.1, 0.15) is 39.2 Å². The topological polar surface area (TPSA) is 24.5 Å². The second-order valence-electron chi connectivity index (χ2n) is 6.14. The Kier molecular flexibility index (Phi) is 5.44. The molecule has 0 aromatic heterocycles. The van der Waals surface area contributed by atoms with Crippen LogP contribution >= 0.6 is 0 Å². The van der Waals surface area contributed by atoms with Crippen molar-refractivity contribution in [2.45, 2.75) is 45.7 Å². The molecular weight excluding hydrogens is 248 g/mol. The number of likely N-dealkylation sites (tertiary alicyclic amines) is 1. The summed E-state index contributed by atoms with van der Waals surface area (Å²) in [6.45, 7) is 11.6. The Hall–Kier alpha value is -1.06. The molecule has 0 aliphatic carbocycles. The number of hydrogen-bond acceptors (Lipinski definition) is 3. The molecule has 0 amide bonds. The van der Waals surface area contributed by atoms with Crippen molar-refractivity contribution in [3.63, 3.8) is 0 Å². The summed E-state index contributed by atoms with van der Waals surface area (Å²) < 4.78 is 6.01. The molecule has 0 atom stereocenters. The number of nitrogens with zero attached hydrogens (tertiary/aromatic N) is 1. The fourth-order valence-electron chi connectivity index (χ4n) is 2.89. The van der Waals surface area contributed by atoms with Crippen LogP contribution in [0.2, 0.25) is 0 Å². The Morgan fingerprint density at radius 1 is 1.30 bits per heavy atom. The Labute approximate surface area is 123 Å². The molecule has 112 valence electrons. The van der Waals surface area contributed by atoms with Crippen molar-refractivity contribution in [2.75, 3.05) is 26.2 Å². The van der Waals surface area contributed by atoms with Crippen LogP contribution in [0.15, 0.2) is 24.3 Å². The van der Waals surface area contributed by atoms with Crippen molar-refractivity contribution in [1.29, 1.82) is 0 Å². The van der Waals surface area contributed by atoms with Gasteiger partial charge in [-0.3, -0.25) is 4.90 Å². The first kappa shape index (κ1) is 15.3. The Morgan fingerprint density at radius 2 is 2.10 bits per heavy atom. The Morgan fingerprint density at radius 3 is 2.80 bits per heavy atom. The van der Waals surface area contributed by atoms with Crippen LogP contribution in [-0.4, -0.2) is 36.7 Å². The summed E-state index contributed by atoms with van der Waals surface area (Å²) in [6, 6.07) is 8.33.